The van der Waals surface area contributed by atoms with Gasteiger partial charge in [-0.05, 0) is 42.8 Å². The van der Waals surface area contributed by atoms with Crippen LogP contribution in [0.1, 0.15) is 24.4 Å². The minimum atomic E-state index is 0.183. The highest BCUT2D eigenvalue weighted by Gasteiger charge is 2.40. The van der Waals surface area contributed by atoms with Crippen LogP contribution in [0.5, 0.6) is 0 Å². The lowest BCUT2D eigenvalue weighted by Gasteiger charge is -2.49. The molecular weight excluding hydrogens is 292 g/mol. The Bertz CT molecular complexity index is 627. The smallest absolute Gasteiger partial charge is 0.171 e. The van der Waals surface area contributed by atoms with Crippen LogP contribution in [0.4, 0.5) is 5.69 Å². The first-order valence-corrected chi connectivity index (χ1v) is 8.38. The summed E-state index contributed by atoms with van der Waals surface area (Å²) in [7, 11) is 4.14. The molecule has 0 radical (unpaired) electrons. The number of thiocarbonyl (C=S) groups is 1. The number of hydrogen-bond donors (Lipinski definition) is 2. The van der Waals surface area contributed by atoms with Gasteiger partial charge in [0.1, 0.15) is 0 Å². The van der Waals surface area contributed by atoms with Gasteiger partial charge in [-0.2, -0.15) is 0 Å². The van der Waals surface area contributed by atoms with Crippen molar-refractivity contribution in [1.82, 2.24) is 15.5 Å². The fourth-order valence-electron chi connectivity index (χ4n) is 3.86. The van der Waals surface area contributed by atoms with Crippen LogP contribution in [0.2, 0.25) is 0 Å². The Kier molecular flexibility index (Phi) is 3.26. The van der Waals surface area contributed by atoms with Crippen LogP contribution in [0.3, 0.4) is 0 Å². The van der Waals surface area contributed by atoms with E-state index in [1.54, 1.807) is 0 Å². The summed E-state index contributed by atoms with van der Waals surface area (Å²) in [5, 5.41) is 7.66. The van der Waals surface area contributed by atoms with Crippen molar-refractivity contribution >= 4 is 23.0 Å². The van der Waals surface area contributed by atoms with Gasteiger partial charge in [0.2, 0.25) is 0 Å². The quantitative estimate of drug-likeness (QED) is 0.817. The normalized spacial score (nSPS) is 24.0. The van der Waals surface area contributed by atoms with E-state index in [1.807, 2.05) is 0 Å². The number of piperidine rings is 1. The van der Waals surface area contributed by atoms with E-state index in [2.05, 4.69) is 58.8 Å². The van der Waals surface area contributed by atoms with Gasteiger partial charge in [-0.15, -0.1) is 0 Å². The van der Waals surface area contributed by atoms with Crippen LogP contribution < -0.4 is 15.5 Å². The monoisotopic (exact) mass is 314 g/mol. The first-order chi connectivity index (χ1) is 10.6. The third-order valence-electron chi connectivity index (χ3n) is 5.06. The first-order valence-electron chi connectivity index (χ1n) is 7.97. The lowest BCUT2D eigenvalue weighted by Crippen LogP contribution is -2.55. The van der Waals surface area contributed by atoms with Crippen molar-refractivity contribution in [3.8, 4) is 0 Å². The van der Waals surface area contributed by atoms with Gasteiger partial charge in [-0.3, -0.25) is 0 Å². The highest BCUT2D eigenvalue weighted by molar-refractivity contribution is 7.80. The number of rotatable bonds is 2. The number of fused-ring (bicyclic) bond motifs is 2. The Morgan fingerprint density at radius 3 is 2.45 bits per heavy atom. The van der Waals surface area contributed by atoms with Crippen LogP contribution in [-0.4, -0.2) is 37.2 Å². The zero-order valence-electron chi connectivity index (χ0n) is 13.1. The van der Waals surface area contributed by atoms with E-state index in [9.17, 15) is 0 Å². The molecule has 22 heavy (non-hydrogen) atoms. The van der Waals surface area contributed by atoms with Gasteiger partial charge in [0.15, 0.2) is 5.11 Å². The number of allylic oxidation sites excluding steroid dienone is 1. The molecule has 1 saturated heterocycles. The van der Waals surface area contributed by atoms with E-state index in [4.69, 9.17) is 12.2 Å². The minimum Gasteiger partial charge on any atom is -0.378 e. The Labute approximate surface area is 137 Å². The average molecular weight is 314 g/mol. The maximum absolute atomic E-state index is 5.45. The van der Waals surface area contributed by atoms with Gasteiger partial charge in [-0.1, -0.05) is 12.1 Å². The summed E-state index contributed by atoms with van der Waals surface area (Å²) in [4.78, 5) is 4.66. The molecule has 1 atom stereocenters. The van der Waals surface area contributed by atoms with Gasteiger partial charge in [-0.25, -0.2) is 0 Å². The molecule has 2 bridgehead atoms. The van der Waals surface area contributed by atoms with Gasteiger partial charge < -0.3 is 20.4 Å². The molecule has 0 amide bonds. The molecule has 4 nitrogen and oxygen atoms in total. The summed E-state index contributed by atoms with van der Waals surface area (Å²) >= 11 is 5.45. The molecule has 4 heterocycles. The molecule has 5 rings (SSSR count). The second-order valence-corrected chi connectivity index (χ2v) is 6.99. The molecule has 1 aromatic carbocycles. The van der Waals surface area contributed by atoms with Gasteiger partial charge in [0, 0.05) is 44.5 Å². The van der Waals surface area contributed by atoms with Crippen molar-refractivity contribution < 1.29 is 0 Å². The summed E-state index contributed by atoms with van der Waals surface area (Å²) < 4.78 is 0. The van der Waals surface area contributed by atoms with E-state index < -0.39 is 0 Å². The molecule has 0 aliphatic carbocycles. The van der Waals surface area contributed by atoms with Crippen molar-refractivity contribution in [3.05, 3.63) is 41.2 Å². The summed E-state index contributed by atoms with van der Waals surface area (Å²) in [6, 6.07) is 8.98. The number of anilines is 1. The summed E-state index contributed by atoms with van der Waals surface area (Å²) in [5.74, 6) is 0.656. The molecule has 0 aromatic heterocycles. The van der Waals surface area contributed by atoms with Crippen molar-refractivity contribution in [3.63, 3.8) is 0 Å². The molecule has 5 heteroatoms. The summed E-state index contributed by atoms with van der Waals surface area (Å²) in [6.45, 7) is 2.35. The maximum Gasteiger partial charge on any atom is 0.171 e. The van der Waals surface area contributed by atoms with Crippen molar-refractivity contribution in [2.24, 2.45) is 5.92 Å². The molecule has 4 aliphatic rings. The Balaban J connectivity index is 1.73. The number of hydrogen-bond acceptors (Lipinski definition) is 3. The molecule has 1 aromatic rings. The topological polar surface area (TPSA) is 30.5 Å². The fourth-order valence-corrected chi connectivity index (χ4v) is 4.08. The zero-order chi connectivity index (χ0) is 15.3. The summed E-state index contributed by atoms with van der Waals surface area (Å²) in [5.41, 5.74) is 5.28. The first kappa shape index (κ1) is 13.9. The van der Waals surface area contributed by atoms with E-state index in [0.29, 0.717) is 5.92 Å². The van der Waals surface area contributed by atoms with E-state index in [1.165, 1.54) is 48.6 Å². The molecule has 4 aliphatic heterocycles. The SMILES string of the molecule is CN(C)c1ccc([C@H]2NC(=S)NC3=C2N2CCC3CC2)cc1. The van der Waals surface area contributed by atoms with Crippen molar-refractivity contribution in [1.29, 1.82) is 0 Å². The van der Waals surface area contributed by atoms with Gasteiger partial charge in [0.25, 0.3) is 0 Å². The second-order valence-electron chi connectivity index (χ2n) is 6.58. The predicted octanol–water partition coefficient (Wildman–Crippen LogP) is 2.21. The van der Waals surface area contributed by atoms with Crippen LogP contribution in [-0.2, 0) is 0 Å². The van der Waals surface area contributed by atoms with E-state index in [0.717, 1.165) is 5.11 Å². The number of nitrogens with zero attached hydrogens (tertiary/aromatic N) is 2. The Hall–Kier alpha value is -1.75. The van der Waals surface area contributed by atoms with Crippen molar-refractivity contribution in [2.45, 2.75) is 18.9 Å². The lowest BCUT2D eigenvalue weighted by atomic mass is 9.82. The maximum atomic E-state index is 5.45. The molecule has 116 valence electrons. The predicted molar refractivity (Wildman–Crippen MR) is 93.7 cm³/mol. The van der Waals surface area contributed by atoms with E-state index in [-0.39, 0.29) is 6.04 Å². The zero-order valence-corrected chi connectivity index (χ0v) is 13.9. The largest absolute Gasteiger partial charge is 0.378 e. The Morgan fingerprint density at radius 1 is 1.14 bits per heavy atom. The number of nitrogens with one attached hydrogen (secondary N) is 2. The molecule has 0 unspecified atom stereocenters. The van der Waals surface area contributed by atoms with Gasteiger partial charge in [0.05, 0.1) is 11.7 Å². The third-order valence-corrected chi connectivity index (χ3v) is 5.28. The third kappa shape index (κ3) is 2.15. The van der Waals surface area contributed by atoms with Crippen LogP contribution in [0, 0.1) is 5.92 Å². The van der Waals surface area contributed by atoms with Crippen molar-refractivity contribution in [2.75, 3.05) is 32.1 Å². The van der Waals surface area contributed by atoms with E-state index >= 15 is 0 Å². The minimum absolute atomic E-state index is 0.183. The molecular formula is C17H22N4S. The molecule has 1 fully saturated rings. The fraction of sp³-hybridized carbons (Fsp3) is 0.471. The average Bonchev–Trinajstić information content (AvgIpc) is 2.55. The second kappa shape index (κ2) is 5.16. The lowest BCUT2D eigenvalue weighted by molar-refractivity contribution is 0.181. The molecule has 0 saturated carbocycles. The summed E-state index contributed by atoms with van der Waals surface area (Å²) in [6.07, 6.45) is 2.50. The highest BCUT2D eigenvalue weighted by atomic mass is 32.1. The van der Waals surface area contributed by atoms with Crippen LogP contribution in [0.25, 0.3) is 0 Å². The molecule has 2 N–H and O–H groups in total. The Morgan fingerprint density at radius 2 is 1.82 bits per heavy atom. The standard InChI is InChI=1S/C17H22N4S/c1-20(2)13-5-3-11(4-6-13)14-16-15(19-17(22)18-14)12-7-9-21(16)10-8-12/h3-6,12,14H,7-10H2,1-2H3,(H2,18,19,22)/t14-/m1/s1. The van der Waals surface area contributed by atoms with Crippen LogP contribution >= 0.6 is 12.2 Å². The number of benzene rings is 1. The highest BCUT2D eigenvalue weighted by Crippen LogP contribution is 2.41. The van der Waals surface area contributed by atoms with Gasteiger partial charge >= 0.3 is 0 Å². The van der Waals surface area contributed by atoms with Crippen LogP contribution in [0.15, 0.2) is 35.7 Å². The molecule has 0 spiro atoms.